The molecule has 0 spiro atoms. The SMILES string of the molecule is CC(C)(C)c1nsc(NCC2CN3CCCC3CO2)n1. The van der Waals surface area contributed by atoms with E-state index < -0.39 is 0 Å². The first-order valence-electron chi connectivity index (χ1n) is 7.46. The van der Waals surface area contributed by atoms with E-state index in [4.69, 9.17) is 4.74 Å². The van der Waals surface area contributed by atoms with E-state index in [2.05, 4.69) is 40.3 Å². The van der Waals surface area contributed by atoms with Gasteiger partial charge in [-0.1, -0.05) is 20.8 Å². The lowest BCUT2D eigenvalue weighted by Crippen LogP contribution is -2.48. The van der Waals surface area contributed by atoms with Crippen LogP contribution in [0, 0.1) is 0 Å². The van der Waals surface area contributed by atoms with Gasteiger partial charge in [0, 0.05) is 36.1 Å². The number of fused-ring (bicyclic) bond motifs is 1. The quantitative estimate of drug-likeness (QED) is 0.926. The molecule has 0 aromatic carbocycles. The van der Waals surface area contributed by atoms with Crippen molar-refractivity contribution in [3.8, 4) is 0 Å². The van der Waals surface area contributed by atoms with E-state index in [9.17, 15) is 0 Å². The van der Waals surface area contributed by atoms with Gasteiger partial charge >= 0.3 is 0 Å². The number of ether oxygens (including phenoxy) is 1. The smallest absolute Gasteiger partial charge is 0.202 e. The number of morpholine rings is 1. The number of hydrogen-bond donors (Lipinski definition) is 1. The highest BCUT2D eigenvalue weighted by Crippen LogP contribution is 2.24. The van der Waals surface area contributed by atoms with E-state index in [1.807, 2.05) is 0 Å². The molecule has 0 radical (unpaired) electrons. The van der Waals surface area contributed by atoms with Crippen LogP contribution in [0.1, 0.15) is 39.4 Å². The third-order valence-corrected chi connectivity index (χ3v) is 4.71. The van der Waals surface area contributed by atoms with Gasteiger partial charge in [-0.15, -0.1) is 0 Å². The molecule has 20 heavy (non-hydrogen) atoms. The van der Waals surface area contributed by atoms with Crippen LogP contribution in [0.15, 0.2) is 0 Å². The summed E-state index contributed by atoms with van der Waals surface area (Å²) < 4.78 is 10.4. The Labute approximate surface area is 124 Å². The maximum atomic E-state index is 5.94. The Bertz CT molecular complexity index is 456. The average molecular weight is 296 g/mol. The molecule has 0 bridgehead atoms. The largest absolute Gasteiger partial charge is 0.373 e. The third-order valence-electron chi connectivity index (χ3n) is 4.04. The minimum atomic E-state index is 0.0144. The first-order valence-corrected chi connectivity index (χ1v) is 8.23. The molecule has 1 aromatic heterocycles. The van der Waals surface area contributed by atoms with Crippen LogP contribution >= 0.6 is 11.5 Å². The Morgan fingerprint density at radius 1 is 1.45 bits per heavy atom. The van der Waals surface area contributed by atoms with Crippen LogP contribution < -0.4 is 5.32 Å². The predicted octanol–water partition coefficient (Wildman–Crippen LogP) is 2.11. The fourth-order valence-corrected chi connectivity index (χ4v) is 3.57. The van der Waals surface area contributed by atoms with Gasteiger partial charge in [-0.2, -0.15) is 4.37 Å². The van der Waals surface area contributed by atoms with Crippen molar-refractivity contribution in [3.63, 3.8) is 0 Å². The van der Waals surface area contributed by atoms with E-state index in [0.29, 0.717) is 6.04 Å². The Kier molecular flexibility index (Phi) is 3.97. The van der Waals surface area contributed by atoms with Gasteiger partial charge in [0.1, 0.15) is 5.82 Å². The fraction of sp³-hybridized carbons (Fsp3) is 0.857. The van der Waals surface area contributed by atoms with E-state index in [-0.39, 0.29) is 11.5 Å². The van der Waals surface area contributed by atoms with Gasteiger partial charge < -0.3 is 10.1 Å². The maximum absolute atomic E-state index is 5.94. The summed E-state index contributed by atoms with van der Waals surface area (Å²) in [6.45, 7) is 10.4. The van der Waals surface area contributed by atoms with Crippen LogP contribution in [0.2, 0.25) is 0 Å². The lowest BCUT2D eigenvalue weighted by atomic mass is 9.96. The molecule has 2 atom stereocenters. The molecule has 1 N–H and O–H groups in total. The highest BCUT2D eigenvalue weighted by molar-refractivity contribution is 7.09. The Hall–Kier alpha value is -0.720. The van der Waals surface area contributed by atoms with Gasteiger partial charge in [0.15, 0.2) is 0 Å². The molecule has 2 aliphatic rings. The van der Waals surface area contributed by atoms with Crippen LogP contribution in [0.25, 0.3) is 0 Å². The molecular formula is C14H24N4OS. The molecule has 2 unspecified atom stereocenters. The maximum Gasteiger partial charge on any atom is 0.202 e. The van der Waals surface area contributed by atoms with Gasteiger partial charge in [-0.05, 0) is 19.4 Å². The van der Waals surface area contributed by atoms with Gasteiger partial charge in [0.25, 0.3) is 0 Å². The van der Waals surface area contributed by atoms with Crippen molar-refractivity contribution in [2.75, 3.05) is 31.6 Å². The third kappa shape index (κ3) is 3.13. The molecule has 3 heterocycles. The van der Waals surface area contributed by atoms with Crippen LogP contribution in [0.3, 0.4) is 0 Å². The molecular weight excluding hydrogens is 272 g/mol. The van der Waals surface area contributed by atoms with Crippen molar-refractivity contribution in [2.24, 2.45) is 0 Å². The van der Waals surface area contributed by atoms with Gasteiger partial charge in [-0.3, -0.25) is 4.90 Å². The van der Waals surface area contributed by atoms with Crippen LogP contribution in [-0.2, 0) is 10.2 Å². The number of anilines is 1. The van der Waals surface area contributed by atoms with Gasteiger partial charge in [0.2, 0.25) is 5.13 Å². The first kappa shape index (κ1) is 14.2. The van der Waals surface area contributed by atoms with E-state index >= 15 is 0 Å². The standard InChI is InChI=1S/C14H24N4OS/c1-14(2,3)12-16-13(20-17-12)15-7-11-8-18-6-4-5-10(18)9-19-11/h10-11H,4-9H2,1-3H3,(H,15,16,17). The van der Waals surface area contributed by atoms with E-state index in [1.165, 1.54) is 30.9 Å². The van der Waals surface area contributed by atoms with Gasteiger partial charge in [0.05, 0.1) is 12.7 Å². The van der Waals surface area contributed by atoms with Crippen molar-refractivity contribution < 1.29 is 4.74 Å². The Morgan fingerprint density at radius 2 is 2.30 bits per heavy atom. The molecule has 2 fully saturated rings. The summed E-state index contributed by atoms with van der Waals surface area (Å²) in [5.41, 5.74) is 0.0144. The number of aromatic nitrogens is 2. The molecule has 6 heteroatoms. The molecule has 5 nitrogen and oxygen atoms in total. The van der Waals surface area contributed by atoms with Crippen molar-refractivity contribution in [2.45, 2.75) is 51.2 Å². The average Bonchev–Trinajstić information content (AvgIpc) is 3.04. The number of nitrogens with one attached hydrogen (secondary N) is 1. The van der Waals surface area contributed by atoms with E-state index in [1.54, 1.807) is 0 Å². The van der Waals surface area contributed by atoms with Crippen LogP contribution in [-0.4, -0.2) is 52.6 Å². The highest BCUT2D eigenvalue weighted by Gasteiger charge is 2.32. The zero-order chi connectivity index (χ0) is 14.2. The zero-order valence-corrected chi connectivity index (χ0v) is 13.4. The van der Waals surface area contributed by atoms with Crippen molar-refractivity contribution >= 4 is 16.7 Å². The second-order valence-corrected chi connectivity index (χ2v) is 7.55. The summed E-state index contributed by atoms with van der Waals surface area (Å²) in [6, 6.07) is 0.667. The lowest BCUT2D eigenvalue weighted by Gasteiger charge is -2.35. The number of nitrogens with zero attached hydrogens (tertiary/aromatic N) is 3. The first-order chi connectivity index (χ1) is 9.52. The second-order valence-electron chi connectivity index (χ2n) is 6.80. The van der Waals surface area contributed by atoms with Crippen molar-refractivity contribution in [3.05, 3.63) is 5.82 Å². The minimum absolute atomic E-state index is 0.0144. The van der Waals surface area contributed by atoms with E-state index in [0.717, 1.165) is 30.7 Å². The fourth-order valence-electron chi connectivity index (χ4n) is 2.81. The summed E-state index contributed by atoms with van der Waals surface area (Å²) in [7, 11) is 0. The molecule has 2 aliphatic heterocycles. The second kappa shape index (κ2) is 5.58. The monoisotopic (exact) mass is 296 g/mol. The van der Waals surface area contributed by atoms with Crippen LogP contribution in [0.5, 0.6) is 0 Å². The normalized spacial score (nSPS) is 27.6. The predicted molar refractivity (Wildman–Crippen MR) is 81.4 cm³/mol. The van der Waals surface area contributed by atoms with Crippen molar-refractivity contribution in [1.82, 2.24) is 14.3 Å². The van der Waals surface area contributed by atoms with Gasteiger partial charge in [-0.25, -0.2) is 4.98 Å². The Morgan fingerprint density at radius 3 is 3.05 bits per heavy atom. The summed E-state index contributed by atoms with van der Waals surface area (Å²) in [5, 5.41) is 4.28. The summed E-state index contributed by atoms with van der Waals surface area (Å²) in [6.07, 6.45) is 2.89. The topological polar surface area (TPSA) is 50.3 Å². The lowest BCUT2D eigenvalue weighted by molar-refractivity contribution is -0.0415. The zero-order valence-electron chi connectivity index (χ0n) is 12.6. The van der Waals surface area contributed by atoms with Crippen molar-refractivity contribution in [1.29, 1.82) is 0 Å². The summed E-state index contributed by atoms with van der Waals surface area (Å²) in [4.78, 5) is 7.13. The molecule has 1 aromatic rings. The summed E-state index contributed by atoms with van der Waals surface area (Å²) >= 11 is 1.44. The molecule has 112 valence electrons. The minimum Gasteiger partial charge on any atom is -0.373 e. The molecule has 0 amide bonds. The molecule has 2 saturated heterocycles. The molecule has 0 saturated carbocycles. The van der Waals surface area contributed by atoms with Crippen LogP contribution in [0.4, 0.5) is 5.13 Å². The number of hydrogen-bond acceptors (Lipinski definition) is 6. The molecule has 3 rings (SSSR count). The summed E-state index contributed by atoms with van der Waals surface area (Å²) in [5.74, 6) is 0.911. The highest BCUT2D eigenvalue weighted by atomic mass is 32.1. The Balaban J connectivity index is 1.51. The molecule has 0 aliphatic carbocycles. The number of rotatable bonds is 3.